The molecule has 8 heteroatoms. The molecule has 128 valence electrons. The van der Waals surface area contributed by atoms with Gasteiger partial charge in [-0.25, -0.2) is 4.98 Å². The molecule has 4 rings (SSSR count). The lowest BCUT2D eigenvalue weighted by molar-refractivity contribution is 0.101. The molecule has 3 aromatic rings. The third kappa shape index (κ3) is 3.14. The Balaban J connectivity index is 1.54. The first-order valence-electron chi connectivity index (χ1n) is 7.66. The molecule has 0 spiro atoms. The van der Waals surface area contributed by atoms with Gasteiger partial charge in [0.05, 0.1) is 5.69 Å². The van der Waals surface area contributed by atoms with Crippen LogP contribution in [0.3, 0.4) is 0 Å². The van der Waals surface area contributed by atoms with Crippen molar-refractivity contribution in [1.29, 1.82) is 0 Å². The molecule has 6 nitrogen and oxygen atoms in total. The van der Waals surface area contributed by atoms with Gasteiger partial charge in [0.25, 0.3) is 5.91 Å². The Hall–Kier alpha value is -2.32. The van der Waals surface area contributed by atoms with Gasteiger partial charge in [0, 0.05) is 28.2 Å². The van der Waals surface area contributed by atoms with Crippen molar-refractivity contribution in [2.45, 2.75) is 13.5 Å². The van der Waals surface area contributed by atoms with Gasteiger partial charge in [0.2, 0.25) is 6.79 Å². The van der Waals surface area contributed by atoms with Crippen molar-refractivity contribution in [3.05, 3.63) is 46.0 Å². The normalized spacial score (nSPS) is 12.4. The highest BCUT2D eigenvalue weighted by Gasteiger charge is 2.17. The van der Waals surface area contributed by atoms with Crippen LogP contribution < -0.4 is 14.8 Å². The average molecular weight is 420 g/mol. The summed E-state index contributed by atoms with van der Waals surface area (Å²) in [7, 11) is 0. The van der Waals surface area contributed by atoms with Crippen LogP contribution >= 0.6 is 27.3 Å². The van der Waals surface area contributed by atoms with Crippen molar-refractivity contribution >= 4 is 38.3 Å². The van der Waals surface area contributed by atoms with Crippen molar-refractivity contribution in [1.82, 2.24) is 9.55 Å². The third-order valence-electron chi connectivity index (χ3n) is 3.83. The minimum Gasteiger partial charge on any atom is -0.454 e. The van der Waals surface area contributed by atoms with Crippen LogP contribution in [0.2, 0.25) is 0 Å². The molecule has 1 N–H and O–H groups in total. The fourth-order valence-corrected chi connectivity index (χ4v) is 3.79. The maximum Gasteiger partial charge on any atom is 0.274 e. The van der Waals surface area contributed by atoms with Crippen LogP contribution in [0.1, 0.15) is 17.4 Å². The van der Waals surface area contributed by atoms with Crippen molar-refractivity contribution in [3.63, 3.8) is 0 Å². The van der Waals surface area contributed by atoms with E-state index in [1.165, 1.54) is 11.3 Å². The summed E-state index contributed by atoms with van der Waals surface area (Å²) in [5.74, 6) is 1.26. The second kappa shape index (κ2) is 6.53. The lowest BCUT2D eigenvalue weighted by atomic mass is 10.1. The van der Waals surface area contributed by atoms with Crippen molar-refractivity contribution in [3.8, 4) is 22.8 Å². The van der Waals surface area contributed by atoms with Crippen LogP contribution in [0, 0.1) is 0 Å². The van der Waals surface area contributed by atoms with Crippen LogP contribution in [0.25, 0.3) is 11.3 Å². The zero-order valence-corrected chi connectivity index (χ0v) is 15.7. The number of thiazole rings is 1. The van der Waals surface area contributed by atoms with Crippen LogP contribution in [0.15, 0.2) is 40.3 Å². The highest BCUT2D eigenvalue weighted by molar-refractivity contribution is 9.10. The molecule has 0 saturated heterocycles. The Labute approximate surface area is 156 Å². The lowest BCUT2D eigenvalue weighted by Crippen LogP contribution is -2.16. The van der Waals surface area contributed by atoms with E-state index < -0.39 is 0 Å². The Morgan fingerprint density at radius 1 is 1.36 bits per heavy atom. The van der Waals surface area contributed by atoms with E-state index in [-0.39, 0.29) is 12.7 Å². The number of carbonyl (C=O) groups is 1. The maximum absolute atomic E-state index is 12.5. The smallest absolute Gasteiger partial charge is 0.274 e. The SMILES string of the molecule is CCn1cc(Br)cc1C(=O)Nc1nc(-c2ccc3c(c2)OCO3)cs1. The largest absolute Gasteiger partial charge is 0.454 e. The van der Waals surface area contributed by atoms with Gasteiger partial charge in [-0.2, -0.15) is 0 Å². The van der Waals surface area contributed by atoms with Crippen LogP contribution in [-0.2, 0) is 6.54 Å². The minimum atomic E-state index is -0.181. The molecule has 0 saturated carbocycles. The second-order valence-electron chi connectivity index (χ2n) is 5.39. The second-order valence-corrected chi connectivity index (χ2v) is 7.16. The Morgan fingerprint density at radius 2 is 2.20 bits per heavy atom. The number of nitrogens with one attached hydrogen (secondary N) is 1. The summed E-state index contributed by atoms with van der Waals surface area (Å²) in [6, 6.07) is 7.47. The highest BCUT2D eigenvalue weighted by atomic mass is 79.9. The predicted molar refractivity (Wildman–Crippen MR) is 99.4 cm³/mol. The number of nitrogens with zero attached hydrogens (tertiary/aromatic N) is 2. The van der Waals surface area contributed by atoms with Gasteiger partial charge < -0.3 is 14.0 Å². The van der Waals surface area contributed by atoms with E-state index in [2.05, 4.69) is 26.2 Å². The molecular weight excluding hydrogens is 406 g/mol. The maximum atomic E-state index is 12.5. The predicted octanol–water partition coefficient (Wildman–Crippen LogP) is 4.38. The van der Waals surface area contributed by atoms with Crippen molar-refractivity contribution in [2.75, 3.05) is 12.1 Å². The van der Waals surface area contributed by atoms with E-state index in [1.54, 1.807) is 6.07 Å². The minimum absolute atomic E-state index is 0.181. The molecule has 0 aliphatic carbocycles. The van der Waals surface area contributed by atoms with E-state index in [4.69, 9.17) is 9.47 Å². The van der Waals surface area contributed by atoms with E-state index >= 15 is 0 Å². The molecule has 2 aromatic heterocycles. The number of anilines is 1. The number of fused-ring (bicyclic) bond motifs is 1. The highest BCUT2D eigenvalue weighted by Crippen LogP contribution is 2.36. The Morgan fingerprint density at radius 3 is 3.04 bits per heavy atom. The summed E-state index contributed by atoms with van der Waals surface area (Å²) in [6.45, 7) is 2.95. The standard InChI is InChI=1S/C17H14BrN3O3S/c1-2-21-7-11(18)6-13(21)16(22)20-17-19-12(8-25-17)10-3-4-14-15(5-10)24-9-23-14/h3-8H,2,9H2,1H3,(H,19,20,22). The molecule has 0 unspecified atom stereocenters. The van der Waals surface area contributed by atoms with Gasteiger partial charge in [0.1, 0.15) is 5.69 Å². The van der Waals surface area contributed by atoms with Crippen LogP contribution in [0.4, 0.5) is 5.13 Å². The quantitative estimate of drug-likeness (QED) is 0.681. The number of benzene rings is 1. The first-order valence-corrected chi connectivity index (χ1v) is 9.34. The lowest BCUT2D eigenvalue weighted by Gasteiger charge is -2.05. The van der Waals surface area contributed by atoms with E-state index in [0.29, 0.717) is 23.1 Å². The first kappa shape index (κ1) is 16.2. The molecule has 25 heavy (non-hydrogen) atoms. The number of aryl methyl sites for hydroxylation is 1. The summed E-state index contributed by atoms with van der Waals surface area (Å²) < 4.78 is 13.5. The number of ether oxygens (including phenoxy) is 2. The molecule has 1 aromatic carbocycles. The number of halogens is 1. The van der Waals surface area contributed by atoms with Gasteiger partial charge in [-0.15, -0.1) is 11.3 Å². The van der Waals surface area contributed by atoms with Gasteiger partial charge in [0.15, 0.2) is 16.6 Å². The van der Waals surface area contributed by atoms with Crippen LogP contribution in [-0.4, -0.2) is 22.3 Å². The third-order valence-corrected chi connectivity index (χ3v) is 5.02. The van der Waals surface area contributed by atoms with Gasteiger partial charge in [-0.3, -0.25) is 10.1 Å². The molecule has 0 bridgehead atoms. The number of aromatic nitrogens is 2. The number of rotatable bonds is 4. The summed E-state index contributed by atoms with van der Waals surface area (Å²) in [6.07, 6.45) is 1.88. The average Bonchev–Trinajstić information content (AvgIpc) is 3.32. The fraction of sp³-hybridized carbons (Fsp3) is 0.176. The summed E-state index contributed by atoms with van der Waals surface area (Å²) in [5.41, 5.74) is 2.29. The van der Waals surface area contributed by atoms with Crippen molar-refractivity contribution < 1.29 is 14.3 Å². The molecule has 0 fully saturated rings. The fourth-order valence-electron chi connectivity index (χ4n) is 2.61. The molecule has 3 heterocycles. The molecule has 0 radical (unpaired) electrons. The zero-order valence-electron chi connectivity index (χ0n) is 13.3. The van der Waals surface area contributed by atoms with Crippen molar-refractivity contribution in [2.24, 2.45) is 0 Å². The molecule has 1 amide bonds. The molecular formula is C17H14BrN3O3S. The summed E-state index contributed by atoms with van der Waals surface area (Å²) in [4.78, 5) is 17.0. The molecule has 1 aliphatic heterocycles. The van der Waals surface area contributed by atoms with E-state index in [9.17, 15) is 4.79 Å². The summed E-state index contributed by atoms with van der Waals surface area (Å²) >= 11 is 4.79. The molecule has 1 aliphatic rings. The number of amides is 1. The first-order chi connectivity index (χ1) is 12.1. The van der Waals surface area contributed by atoms with Gasteiger partial charge in [-0.05, 0) is 47.1 Å². The Kier molecular flexibility index (Phi) is 4.22. The number of hydrogen-bond acceptors (Lipinski definition) is 5. The van der Waals surface area contributed by atoms with E-state index in [0.717, 1.165) is 21.5 Å². The topological polar surface area (TPSA) is 65.4 Å². The van der Waals surface area contributed by atoms with Gasteiger partial charge in [-0.1, -0.05) is 0 Å². The number of carbonyl (C=O) groups excluding carboxylic acids is 1. The van der Waals surface area contributed by atoms with Gasteiger partial charge >= 0.3 is 0 Å². The number of hydrogen-bond donors (Lipinski definition) is 1. The summed E-state index contributed by atoms with van der Waals surface area (Å²) in [5, 5.41) is 5.32. The molecule has 0 atom stereocenters. The van der Waals surface area contributed by atoms with E-state index in [1.807, 2.05) is 41.3 Å². The monoisotopic (exact) mass is 419 g/mol. The van der Waals surface area contributed by atoms with Crippen LogP contribution in [0.5, 0.6) is 11.5 Å². The zero-order chi connectivity index (χ0) is 17.4. The Bertz CT molecular complexity index is 951.